The van der Waals surface area contributed by atoms with E-state index in [1.165, 1.54) is 0 Å². The summed E-state index contributed by atoms with van der Waals surface area (Å²) >= 11 is 0. The zero-order valence-electron chi connectivity index (χ0n) is 8.64. The predicted octanol–water partition coefficient (Wildman–Crippen LogP) is 1.55. The molecular formula is C10H17NO2. The third kappa shape index (κ3) is 2.56. The Labute approximate surface area is 78.8 Å². The van der Waals surface area contributed by atoms with Gasteiger partial charge in [0, 0.05) is 16.7 Å². The fraction of sp³-hybridized carbons (Fsp3) is 0.700. The van der Waals surface area contributed by atoms with Gasteiger partial charge in [-0.05, 0) is 34.1 Å². The summed E-state index contributed by atoms with van der Waals surface area (Å²) in [6, 6.07) is 0. The maximum Gasteiger partial charge on any atom is 0.331 e. The van der Waals surface area contributed by atoms with Crippen LogP contribution in [0.1, 0.15) is 34.1 Å². The van der Waals surface area contributed by atoms with Crippen LogP contribution in [-0.4, -0.2) is 22.2 Å². The average molecular weight is 183 g/mol. The van der Waals surface area contributed by atoms with Crippen molar-refractivity contribution in [3.05, 3.63) is 11.6 Å². The highest BCUT2D eigenvalue weighted by Crippen LogP contribution is 2.27. The molecule has 0 fully saturated rings. The van der Waals surface area contributed by atoms with Gasteiger partial charge in [0.15, 0.2) is 0 Å². The Morgan fingerprint density at radius 2 is 2.00 bits per heavy atom. The Kier molecular flexibility index (Phi) is 2.24. The minimum atomic E-state index is -0.803. The molecule has 0 aromatic rings. The first-order chi connectivity index (χ1) is 5.72. The molecule has 3 heteroatoms. The van der Waals surface area contributed by atoms with Crippen molar-refractivity contribution in [1.82, 2.24) is 5.32 Å². The second-order valence-corrected chi connectivity index (χ2v) is 4.88. The molecule has 3 nitrogen and oxygen atoms in total. The molecule has 2 N–H and O–H groups in total. The average Bonchev–Trinajstić information content (AvgIpc) is 1.79. The molecule has 0 aromatic heterocycles. The second-order valence-electron chi connectivity index (χ2n) is 4.88. The Balaban J connectivity index is 2.99. The molecule has 74 valence electrons. The fourth-order valence-electron chi connectivity index (χ4n) is 2.05. The van der Waals surface area contributed by atoms with Crippen LogP contribution >= 0.6 is 0 Å². The number of nitrogens with one attached hydrogen (secondary N) is 1. The molecule has 1 rings (SSSR count). The van der Waals surface area contributed by atoms with Crippen LogP contribution in [0.2, 0.25) is 0 Å². The molecule has 0 spiro atoms. The molecule has 0 saturated carbocycles. The van der Waals surface area contributed by atoms with E-state index >= 15 is 0 Å². The highest BCUT2D eigenvalue weighted by atomic mass is 16.4. The van der Waals surface area contributed by atoms with Gasteiger partial charge in [-0.15, -0.1) is 0 Å². The zero-order valence-corrected chi connectivity index (χ0v) is 8.64. The third-order valence-corrected chi connectivity index (χ3v) is 2.10. The van der Waals surface area contributed by atoms with Crippen LogP contribution in [-0.2, 0) is 4.79 Å². The van der Waals surface area contributed by atoms with E-state index in [1.807, 2.05) is 27.7 Å². The Hall–Kier alpha value is -0.830. The van der Waals surface area contributed by atoms with E-state index in [1.54, 1.807) is 6.08 Å². The molecular weight excluding hydrogens is 166 g/mol. The standard InChI is InChI=1S/C10H17NO2/c1-9(2)5-7(8(12)13)6-10(3,4)11-9/h5,11H,6H2,1-4H3,(H,12,13). The lowest BCUT2D eigenvalue weighted by Crippen LogP contribution is -2.54. The molecule has 1 aliphatic rings. The molecule has 1 heterocycles. The van der Waals surface area contributed by atoms with Gasteiger partial charge in [-0.3, -0.25) is 0 Å². The zero-order chi connectivity index (χ0) is 10.3. The SMILES string of the molecule is CC1(C)C=C(C(=O)O)CC(C)(C)N1. The third-order valence-electron chi connectivity index (χ3n) is 2.10. The van der Waals surface area contributed by atoms with Gasteiger partial charge in [0.05, 0.1) is 0 Å². The van der Waals surface area contributed by atoms with Gasteiger partial charge in [-0.2, -0.15) is 0 Å². The highest BCUT2D eigenvalue weighted by molar-refractivity contribution is 5.87. The largest absolute Gasteiger partial charge is 0.478 e. The fourth-order valence-corrected chi connectivity index (χ4v) is 2.05. The van der Waals surface area contributed by atoms with Crippen molar-refractivity contribution < 1.29 is 9.90 Å². The smallest absolute Gasteiger partial charge is 0.331 e. The number of hydrogen-bond acceptors (Lipinski definition) is 2. The maximum atomic E-state index is 10.8. The monoisotopic (exact) mass is 183 g/mol. The minimum Gasteiger partial charge on any atom is -0.478 e. The predicted molar refractivity (Wildman–Crippen MR) is 51.6 cm³/mol. The maximum absolute atomic E-state index is 10.8. The van der Waals surface area contributed by atoms with Gasteiger partial charge in [0.2, 0.25) is 0 Å². The van der Waals surface area contributed by atoms with Crippen molar-refractivity contribution in [3.8, 4) is 0 Å². The summed E-state index contributed by atoms with van der Waals surface area (Å²) in [6.07, 6.45) is 2.37. The number of carbonyl (C=O) groups is 1. The first-order valence-corrected chi connectivity index (χ1v) is 4.46. The van der Waals surface area contributed by atoms with Crippen LogP contribution < -0.4 is 5.32 Å². The summed E-state index contributed by atoms with van der Waals surface area (Å²) in [4.78, 5) is 10.8. The Bertz CT molecular complexity index is 264. The van der Waals surface area contributed by atoms with Crippen LogP contribution in [0.25, 0.3) is 0 Å². The van der Waals surface area contributed by atoms with Crippen LogP contribution in [0.5, 0.6) is 0 Å². The van der Waals surface area contributed by atoms with Gasteiger partial charge in [0.1, 0.15) is 0 Å². The molecule has 13 heavy (non-hydrogen) atoms. The molecule has 0 unspecified atom stereocenters. The first kappa shape index (κ1) is 10.3. The minimum absolute atomic E-state index is 0.133. The van der Waals surface area contributed by atoms with Gasteiger partial charge < -0.3 is 10.4 Å². The van der Waals surface area contributed by atoms with Gasteiger partial charge >= 0.3 is 5.97 Å². The first-order valence-electron chi connectivity index (χ1n) is 4.46. The number of rotatable bonds is 1. The lowest BCUT2D eigenvalue weighted by atomic mass is 9.84. The summed E-state index contributed by atoms with van der Waals surface area (Å²) < 4.78 is 0. The number of hydrogen-bond donors (Lipinski definition) is 2. The topological polar surface area (TPSA) is 49.3 Å². The van der Waals surface area contributed by atoms with E-state index < -0.39 is 5.97 Å². The number of aliphatic carboxylic acids is 1. The van der Waals surface area contributed by atoms with E-state index in [-0.39, 0.29) is 11.1 Å². The van der Waals surface area contributed by atoms with E-state index in [2.05, 4.69) is 5.32 Å². The quantitative estimate of drug-likeness (QED) is 0.648. The molecule has 1 aliphatic heterocycles. The van der Waals surface area contributed by atoms with E-state index in [0.717, 1.165) is 0 Å². The van der Waals surface area contributed by atoms with Crippen LogP contribution in [0.3, 0.4) is 0 Å². The molecule has 0 atom stereocenters. The van der Waals surface area contributed by atoms with E-state index in [9.17, 15) is 4.79 Å². The number of carboxylic acid groups (broad SMARTS) is 1. The normalized spacial score (nSPS) is 25.1. The van der Waals surface area contributed by atoms with Crippen LogP contribution in [0.4, 0.5) is 0 Å². The number of carboxylic acids is 1. The second kappa shape index (κ2) is 2.84. The van der Waals surface area contributed by atoms with Crippen molar-refractivity contribution in [2.75, 3.05) is 0 Å². The Morgan fingerprint density at radius 1 is 1.46 bits per heavy atom. The summed E-state index contributed by atoms with van der Waals surface area (Å²) in [7, 11) is 0. The lowest BCUT2D eigenvalue weighted by molar-refractivity contribution is -0.133. The van der Waals surface area contributed by atoms with Gasteiger partial charge in [0.25, 0.3) is 0 Å². The lowest BCUT2D eigenvalue weighted by Gasteiger charge is -2.40. The molecule has 0 radical (unpaired) electrons. The van der Waals surface area contributed by atoms with Crippen molar-refractivity contribution in [3.63, 3.8) is 0 Å². The van der Waals surface area contributed by atoms with E-state index in [0.29, 0.717) is 12.0 Å². The summed E-state index contributed by atoms with van der Waals surface area (Å²) in [5.41, 5.74) is 0.148. The van der Waals surface area contributed by atoms with Crippen molar-refractivity contribution in [1.29, 1.82) is 0 Å². The van der Waals surface area contributed by atoms with Crippen molar-refractivity contribution >= 4 is 5.97 Å². The molecule has 0 aromatic carbocycles. The summed E-state index contributed by atoms with van der Waals surface area (Å²) in [5, 5.41) is 12.3. The van der Waals surface area contributed by atoms with Crippen molar-refractivity contribution in [2.24, 2.45) is 0 Å². The molecule has 0 aliphatic carbocycles. The molecule has 0 saturated heterocycles. The molecule has 0 bridgehead atoms. The van der Waals surface area contributed by atoms with Gasteiger partial charge in [-0.1, -0.05) is 6.08 Å². The van der Waals surface area contributed by atoms with E-state index in [4.69, 9.17) is 5.11 Å². The highest BCUT2D eigenvalue weighted by Gasteiger charge is 2.34. The van der Waals surface area contributed by atoms with Crippen LogP contribution in [0, 0.1) is 0 Å². The Morgan fingerprint density at radius 3 is 2.38 bits per heavy atom. The summed E-state index contributed by atoms with van der Waals surface area (Å²) in [6.45, 7) is 8.00. The van der Waals surface area contributed by atoms with Crippen molar-refractivity contribution in [2.45, 2.75) is 45.2 Å². The molecule has 0 amide bonds. The van der Waals surface area contributed by atoms with Crippen LogP contribution in [0.15, 0.2) is 11.6 Å². The summed E-state index contributed by atoms with van der Waals surface area (Å²) in [5.74, 6) is -0.803. The van der Waals surface area contributed by atoms with Gasteiger partial charge in [-0.25, -0.2) is 4.79 Å².